The number of fused-ring (bicyclic) bond motifs is 1. The summed E-state index contributed by atoms with van der Waals surface area (Å²) in [4.78, 5) is 25.9. The van der Waals surface area contributed by atoms with Gasteiger partial charge in [0.15, 0.2) is 17.0 Å². The van der Waals surface area contributed by atoms with E-state index in [1.165, 1.54) is 9.08 Å². The maximum absolute atomic E-state index is 13.3. The van der Waals surface area contributed by atoms with Gasteiger partial charge in [-0.2, -0.15) is 4.52 Å². The fourth-order valence-corrected chi connectivity index (χ4v) is 3.63. The van der Waals surface area contributed by atoms with Crippen molar-refractivity contribution in [1.82, 2.24) is 24.8 Å². The zero-order valence-electron chi connectivity index (χ0n) is 16.2. The minimum absolute atomic E-state index is 0.0682. The van der Waals surface area contributed by atoms with E-state index in [0.717, 1.165) is 31.4 Å². The third kappa shape index (κ3) is 3.15. The summed E-state index contributed by atoms with van der Waals surface area (Å²) < 4.78 is 2.76. The first-order valence-electron chi connectivity index (χ1n) is 9.73. The van der Waals surface area contributed by atoms with E-state index in [0.29, 0.717) is 24.3 Å². The summed E-state index contributed by atoms with van der Waals surface area (Å²) in [6, 6.07) is 0.0682. The number of aromatic nitrogens is 3. The van der Waals surface area contributed by atoms with Crippen molar-refractivity contribution in [3.8, 4) is 5.88 Å². The van der Waals surface area contributed by atoms with Gasteiger partial charge in [-0.1, -0.05) is 19.9 Å². The molecule has 9 nitrogen and oxygen atoms in total. The second-order valence-corrected chi connectivity index (χ2v) is 7.94. The number of nitrogens with zero attached hydrogens (tertiary/aromatic N) is 3. The largest absolute Gasteiger partial charge is 0.492 e. The fraction of sp³-hybridized carbons (Fsp3) is 0.526. The summed E-state index contributed by atoms with van der Waals surface area (Å²) in [5.41, 5.74) is 7.47. The second kappa shape index (κ2) is 6.97. The van der Waals surface area contributed by atoms with Crippen molar-refractivity contribution in [1.29, 1.82) is 0 Å². The lowest BCUT2D eigenvalue weighted by Gasteiger charge is -2.18. The van der Waals surface area contributed by atoms with Gasteiger partial charge in [0, 0.05) is 19.1 Å². The molecular weight excluding hydrogens is 360 g/mol. The predicted molar refractivity (Wildman–Crippen MR) is 106 cm³/mol. The molecule has 2 aromatic heterocycles. The van der Waals surface area contributed by atoms with Crippen LogP contribution in [-0.4, -0.2) is 44.3 Å². The lowest BCUT2D eigenvalue weighted by molar-refractivity contribution is 0.0944. The van der Waals surface area contributed by atoms with Crippen LogP contribution in [0.15, 0.2) is 10.9 Å². The molecule has 0 saturated heterocycles. The van der Waals surface area contributed by atoms with Crippen LogP contribution in [0.4, 0.5) is 5.82 Å². The third-order valence-corrected chi connectivity index (χ3v) is 5.10. The Labute approximate surface area is 162 Å². The number of nitrogens with one attached hydrogen (secondary N) is 2. The quantitative estimate of drug-likeness (QED) is 0.599. The first kappa shape index (κ1) is 18.5. The molecule has 1 aliphatic heterocycles. The average Bonchev–Trinajstić information content (AvgIpc) is 3.39. The van der Waals surface area contributed by atoms with Crippen LogP contribution in [0.1, 0.15) is 49.0 Å². The molecule has 2 aliphatic rings. The normalized spacial score (nSPS) is 17.2. The number of carbonyl (C=O) groups excluding carboxylic acids is 1. The predicted octanol–water partition coefficient (Wildman–Crippen LogP) is 0.709. The van der Waals surface area contributed by atoms with E-state index in [2.05, 4.69) is 15.7 Å². The number of hydrogen-bond donors (Lipinski definition) is 4. The maximum Gasteiger partial charge on any atom is 0.270 e. The van der Waals surface area contributed by atoms with Crippen LogP contribution >= 0.6 is 0 Å². The first-order valence-corrected chi connectivity index (χ1v) is 9.73. The van der Waals surface area contributed by atoms with Crippen molar-refractivity contribution in [2.24, 2.45) is 5.92 Å². The number of amides is 1. The summed E-state index contributed by atoms with van der Waals surface area (Å²) >= 11 is 0. The number of aromatic hydroxyl groups is 1. The van der Waals surface area contributed by atoms with Gasteiger partial charge in [-0.05, 0) is 37.3 Å². The molecule has 0 atom stereocenters. The molecule has 0 radical (unpaired) electrons. The molecule has 150 valence electrons. The fourth-order valence-electron chi connectivity index (χ4n) is 3.63. The van der Waals surface area contributed by atoms with Crippen molar-refractivity contribution in [2.75, 3.05) is 18.8 Å². The number of nitrogen functional groups attached to an aromatic ring is 1. The Balaban J connectivity index is 1.98. The van der Waals surface area contributed by atoms with Gasteiger partial charge < -0.3 is 21.5 Å². The Morgan fingerprint density at radius 3 is 2.82 bits per heavy atom. The number of carbonyl (C=O) groups is 1. The second-order valence-electron chi connectivity index (χ2n) is 7.94. The van der Waals surface area contributed by atoms with Gasteiger partial charge in [0.05, 0.1) is 5.56 Å². The molecule has 3 heterocycles. The maximum atomic E-state index is 13.3. The molecule has 1 aliphatic carbocycles. The van der Waals surface area contributed by atoms with E-state index in [1.54, 1.807) is 0 Å². The first-order chi connectivity index (χ1) is 13.4. The van der Waals surface area contributed by atoms with Gasteiger partial charge in [0.25, 0.3) is 11.5 Å². The van der Waals surface area contributed by atoms with E-state index in [-0.39, 0.29) is 23.3 Å². The smallest absolute Gasteiger partial charge is 0.270 e. The number of nitrogens with two attached hydrogens (primary N) is 1. The van der Waals surface area contributed by atoms with E-state index >= 15 is 0 Å². The molecular formula is C19H26N6O3. The van der Waals surface area contributed by atoms with Crippen LogP contribution < -0.4 is 21.9 Å². The van der Waals surface area contributed by atoms with Crippen molar-refractivity contribution in [3.63, 3.8) is 0 Å². The molecule has 0 bridgehead atoms. The molecule has 9 heteroatoms. The molecule has 1 amide bonds. The van der Waals surface area contributed by atoms with Crippen molar-refractivity contribution in [2.45, 2.75) is 45.7 Å². The zero-order chi connectivity index (χ0) is 20.0. The molecule has 0 aromatic carbocycles. The average molecular weight is 386 g/mol. The highest BCUT2D eigenvalue weighted by molar-refractivity contribution is 5.97. The van der Waals surface area contributed by atoms with Crippen molar-refractivity contribution >= 4 is 22.9 Å². The topological polar surface area (TPSA) is 127 Å². The van der Waals surface area contributed by atoms with Crippen LogP contribution in [0.25, 0.3) is 11.2 Å². The Morgan fingerprint density at radius 1 is 1.46 bits per heavy atom. The van der Waals surface area contributed by atoms with Crippen molar-refractivity contribution < 1.29 is 9.90 Å². The minimum atomic E-state index is -0.568. The van der Waals surface area contributed by atoms with Gasteiger partial charge in [-0.25, -0.2) is 0 Å². The molecule has 0 spiro atoms. The van der Waals surface area contributed by atoms with E-state index in [4.69, 9.17) is 5.73 Å². The molecule has 5 N–H and O–H groups in total. The van der Waals surface area contributed by atoms with E-state index in [9.17, 15) is 14.7 Å². The monoisotopic (exact) mass is 386 g/mol. The highest BCUT2D eigenvalue weighted by Gasteiger charge is 2.31. The summed E-state index contributed by atoms with van der Waals surface area (Å²) in [5.74, 6) is -0.650. The Hall–Kier alpha value is -2.81. The zero-order valence-corrected chi connectivity index (χ0v) is 16.2. The summed E-state index contributed by atoms with van der Waals surface area (Å²) in [6.07, 6.45) is 4.53. The summed E-state index contributed by atoms with van der Waals surface area (Å²) in [6.45, 7) is 5.86. The highest BCUT2D eigenvalue weighted by atomic mass is 16.3. The van der Waals surface area contributed by atoms with Crippen LogP contribution in [0.3, 0.4) is 0 Å². The molecule has 1 saturated carbocycles. The molecule has 4 rings (SSSR count). The Kier molecular flexibility index (Phi) is 4.62. The van der Waals surface area contributed by atoms with Crippen molar-refractivity contribution in [3.05, 3.63) is 27.6 Å². The third-order valence-electron chi connectivity index (χ3n) is 5.10. The highest BCUT2D eigenvalue weighted by Crippen LogP contribution is 2.32. The lowest BCUT2D eigenvalue weighted by atomic mass is 10.0. The van der Waals surface area contributed by atoms with Gasteiger partial charge in [-0.15, -0.1) is 5.10 Å². The lowest BCUT2D eigenvalue weighted by Crippen LogP contribution is -2.36. The van der Waals surface area contributed by atoms with Crippen LogP contribution in [0.5, 0.6) is 5.88 Å². The van der Waals surface area contributed by atoms with Gasteiger partial charge in [-0.3, -0.25) is 14.2 Å². The minimum Gasteiger partial charge on any atom is -0.492 e. The SMILES string of the molecule is CC(C)Cn1c(=O)c(C(=O)NC2CC2)c(O)n2nc(N)c(C3=CCNCC3)c12. The van der Waals surface area contributed by atoms with E-state index in [1.807, 2.05) is 19.9 Å². The van der Waals surface area contributed by atoms with Crippen LogP contribution in [0, 0.1) is 5.92 Å². The number of rotatable bonds is 5. The van der Waals surface area contributed by atoms with E-state index < -0.39 is 17.3 Å². The Bertz CT molecular complexity index is 1030. The van der Waals surface area contributed by atoms with Crippen LogP contribution in [0.2, 0.25) is 0 Å². The molecule has 2 aromatic rings. The van der Waals surface area contributed by atoms with Gasteiger partial charge in [0.2, 0.25) is 5.88 Å². The molecule has 0 unspecified atom stereocenters. The van der Waals surface area contributed by atoms with Gasteiger partial charge in [0.1, 0.15) is 0 Å². The number of anilines is 1. The molecule has 1 fully saturated rings. The summed E-state index contributed by atoms with van der Waals surface area (Å²) in [7, 11) is 0. The van der Waals surface area contributed by atoms with Crippen LogP contribution in [-0.2, 0) is 6.54 Å². The Morgan fingerprint density at radius 2 is 2.21 bits per heavy atom. The standard InChI is InChI=1S/C19H26N6O3/c1-10(2)9-24-17-13(11-5-7-21-8-6-11)15(20)23-25(17)19(28)14(18(24)27)16(26)22-12-3-4-12/h5,10,12,21,28H,3-4,6-9H2,1-2H3,(H2,20,23)(H,22,26). The summed E-state index contributed by atoms with van der Waals surface area (Å²) in [5, 5.41) is 21.1. The molecule has 28 heavy (non-hydrogen) atoms. The number of hydrogen-bond acceptors (Lipinski definition) is 6. The van der Waals surface area contributed by atoms with Gasteiger partial charge >= 0.3 is 0 Å².